The molecule has 0 amide bonds. The van der Waals surface area contributed by atoms with E-state index in [0.29, 0.717) is 0 Å². The van der Waals surface area contributed by atoms with Crippen molar-refractivity contribution in [1.82, 2.24) is 0 Å². The highest BCUT2D eigenvalue weighted by Crippen LogP contribution is 2.28. The van der Waals surface area contributed by atoms with E-state index in [1.807, 2.05) is 18.2 Å². The molecule has 1 rings (SSSR count). The second kappa shape index (κ2) is 4.75. The topological polar surface area (TPSA) is 18.5 Å². The quantitative estimate of drug-likeness (QED) is 0.707. The van der Waals surface area contributed by atoms with Crippen molar-refractivity contribution in [2.75, 3.05) is 14.2 Å². The molecule has 2 heteroatoms. The highest BCUT2D eigenvalue weighted by molar-refractivity contribution is 5.44. The van der Waals surface area contributed by atoms with E-state index < -0.39 is 0 Å². The second-order valence-electron chi connectivity index (χ2n) is 2.74. The maximum absolute atomic E-state index is 5.23. The molecule has 2 nitrogen and oxygen atoms in total. The Morgan fingerprint density at radius 3 is 2.08 bits per heavy atom. The van der Waals surface area contributed by atoms with Crippen molar-refractivity contribution in [2.45, 2.75) is 12.8 Å². The molecule has 0 N–H and O–H groups in total. The molecule has 0 unspecified atom stereocenters. The van der Waals surface area contributed by atoms with Crippen molar-refractivity contribution in [3.8, 4) is 11.5 Å². The minimum Gasteiger partial charge on any atom is -0.496 e. The highest BCUT2D eigenvalue weighted by atomic mass is 16.5. The van der Waals surface area contributed by atoms with Gasteiger partial charge in [-0.1, -0.05) is 13.0 Å². The highest BCUT2D eigenvalue weighted by Gasteiger charge is 2.07. The summed E-state index contributed by atoms with van der Waals surface area (Å²) in [7, 11) is 3.34. The molecule has 0 bridgehead atoms. The van der Waals surface area contributed by atoms with Crippen LogP contribution in [0.2, 0.25) is 0 Å². The van der Waals surface area contributed by atoms with Gasteiger partial charge < -0.3 is 9.47 Å². The second-order valence-corrected chi connectivity index (χ2v) is 2.74. The van der Waals surface area contributed by atoms with E-state index in [0.717, 1.165) is 29.9 Å². The average Bonchev–Trinajstić information content (AvgIpc) is 2.18. The van der Waals surface area contributed by atoms with Gasteiger partial charge in [0.2, 0.25) is 0 Å². The molecule has 0 atom stereocenters. The summed E-state index contributed by atoms with van der Waals surface area (Å²) < 4.78 is 10.5. The minimum absolute atomic E-state index is 0.844. The molecule has 1 aromatic rings. The molecule has 1 radical (unpaired) electrons. The Bertz CT molecular complexity index is 247. The lowest BCUT2D eigenvalue weighted by Gasteiger charge is -2.11. The molecule has 0 saturated carbocycles. The van der Waals surface area contributed by atoms with Crippen LogP contribution in [0.1, 0.15) is 12.0 Å². The van der Waals surface area contributed by atoms with Crippen molar-refractivity contribution >= 4 is 0 Å². The first kappa shape index (κ1) is 9.90. The number of rotatable bonds is 4. The van der Waals surface area contributed by atoms with Gasteiger partial charge in [0.05, 0.1) is 14.2 Å². The van der Waals surface area contributed by atoms with E-state index in [9.17, 15) is 0 Å². The third-order valence-corrected chi connectivity index (χ3v) is 1.96. The summed E-state index contributed by atoms with van der Waals surface area (Å²) >= 11 is 0. The third-order valence-electron chi connectivity index (χ3n) is 1.96. The summed E-state index contributed by atoms with van der Waals surface area (Å²) in [6, 6.07) is 5.80. The van der Waals surface area contributed by atoms with Crippen LogP contribution in [0.25, 0.3) is 0 Å². The van der Waals surface area contributed by atoms with Crippen molar-refractivity contribution in [3.63, 3.8) is 0 Å². The number of hydrogen-bond acceptors (Lipinski definition) is 2. The van der Waals surface area contributed by atoms with Crippen LogP contribution < -0.4 is 9.47 Å². The lowest BCUT2D eigenvalue weighted by molar-refractivity contribution is 0.385. The lowest BCUT2D eigenvalue weighted by Crippen LogP contribution is -1.96. The standard InChI is InChI=1S/C11H15O2/c1-4-6-9-10(12-2)7-5-8-11(9)13-3/h5,7-8H,1,4,6H2,2-3H3. The number of ether oxygens (including phenoxy) is 2. The van der Waals surface area contributed by atoms with Gasteiger partial charge in [0, 0.05) is 5.56 Å². The Morgan fingerprint density at radius 2 is 1.69 bits per heavy atom. The fourth-order valence-corrected chi connectivity index (χ4v) is 1.35. The molecular weight excluding hydrogens is 164 g/mol. The lowest BCUT2D eigenvalue weighted by atomic mass is 10.1. The predicted molar refractivity (Wildman–Crippen MR) is 53.2 cm³/mol. The van der Waals surface area contributed by atoms with E-state index in [2.05, 4.69) is 6.92 Å². The van der Waals surface area contributed by atoms with E-state index in [1.54, 1.807) is 14.2 Å². The summed E-state index contributed by atoms with van der Waals surface area (Å²) in [5.74, 6) is 1.76. The molecule has 1 aromatic carbocycles. The van der Waals surface area contributed by atoms with Crippen LogP contribution in [0.3, 0.4) is 0 Å². The van der Waals surface area contributed by atoms with Crippen LogP contribution in [0.5, 0.6) is 11.5 Å². The zero-order valence-electron chi connectivity index (χ0n) is 8.17. The van der Waals surface area contributed by atoms with Crippen LogP contribution in [0, 0.1) is 6.92 Å². The van der Waals surface area contributed by atoms with Gasteiger partial charge in [0.15, 0.2) is 0 Å². The Balaban J connectivity index is 3.05. The van der Waals surface area contributed by atoms with Gasteiger partial charge in [-0.3, -0.25) is 0 Å². The molecule has 0 fully saturated rings. The van der Waals surface area contributed by atoms with E-state index in [4.69, 9.17) is 9.47 Å². The van der Waals surface area contributed by atoms with E-state index in [1.165, 1.54) is 0 Å². The van der Waals surface area contributed by atoms with Gasteiger partial charge in [-0.05, 0) is 25.0 Å². The summed E-state index contributed by atoms with van der Waals surface area (Å²) in [4.78, 5) is 0. The molecule has 0 aliphatic carbocycles. The van der Waals surface area contributed by atoms with E-state index in [-0.39, 0.29) is 0 Å². The molecule has 0 spiro atoms. The fourth-order valence-electron chi connectivity index (χ4n) is 1.35. The smallest absolute Gasteiger partial charge is 0.125 e. The molecule has 0 aromatic heterocycles. The zero-order valence-corrected chi connectivity index (χ0v) is 8.17. The van der Waals surface area contributed by atoms with Gasteiger partial charge in [-0.25, -0.2) is 0 Å². The first-order valence-electron chi connectivity index (χ1n) is 4.32. The number of benzene rings is 1. The summed E-state index contributed by atoms with van der Waals surface area (Å²) in [6.07, 6.45) is 1.73. The monoisotopic (exact) mass is 179 g/mol. The van der Waals surface area contributed by atoms with Crippen LogP contribution >= 0.6 is 0 Å². The van der Waals surface area contributed by atoms with Gasteiger partial charge >= 0.3 is 0 Å². The van der Waals surface area contributed by atoms with Crippen molar-refractivity contribution in [1.29, 1.82) is 0 Å². The molecule has 13 heavy (non-hydrogen) atoms. The molecule has 0 aliphatic heterocycles. The summed E-state index contributed by atoms with van der Waals surface area (Å²) in [6.45, 7) is 3.82. The molecular formula is C11H15O2. The largest absolute Gasteiger partial charge is 0.496 e. The fraction of sp³-hybridized carbons (Fsp3) is 0.364. The maximum atomic E-state index is 5.23. The van der Waals surface area contributed by atoms with Gasteiger partial charge in [-0.2, -0.15) is 0 Å². The maximum Gasteiger partial charge on any atom is 0.125 e. The van der Waals surface area contributed by atoms with Crippen LogP contribution in [0.15, 0.2) is 18.2 Å². The SMILES string of the molecule is [CH2]CCc1c(OC)cccc1OC. The minimum atomic E-state index is 0.844. The number of methoxy groups -OCH3 is 2. The van der Waals surface area contributed by atoms with Crippen molar-refractivity contribution in [2.24, 2.45) is 0 Å². The van der Waals surface area contributed by atoms with Gasteiger partial charge in [0.1, 0.15) is 11.5 Å². The Hall–Kier alpha value is -1.18. The van der Waals surface area contributed by atoms with E-state index >= 15 is 0 Å². The molecule has 71 valence electrons. The zero-order chi connectivity index (χ0) is 9.68. The Kier molecular flexibility index (Phi) is 3.62. The summed E-state index contributed by atoms with van der Waals surface area (Å²) in [5.41, 5.74) is 1.10. The van der Waals surface area contributed by atoms with Crippen molar-refractivity contribution in [3.05, 3.63) is 30.7 Å². The normalized spacial score (nSPS) is 9.77. The third kappa shape index (κ3) is 2.14. The first-order chi connectivity index (χ1) is 6.33. The average molecular weight is 179 g/mol. The van der Waals surface area contributed by atoms with Gasteiger partial charge in [-0.15, -0.1) is 0 Å². The molecule has 0 aliphatic rings. The Labute approximate surface area is 79.5 Å². The van der Waals surface area contributed by atoms with Gasteiger partial charge in [0.25, 0.3) is 0 Å². The van der Waals surface area contributed by atoms with Crippen LogP contribution in [-0.4, -0.2) is 14.2 Å². The first-order valence-corrected chi connectivity index (χ1v) is 4.32. The van der Waals surface area contributed by atoms with Crippen LogP contribution in [-0.2, 0) is 6.42 Å². The Morgan fingerprint density at radius 1 is 1.15 bits per heavy atom. The predicted octanol–water partition coefficient (Wildman–Crippen LogP) is 2.47. The molecule has 0 saturated heterocycles. The molecule has 0 heterocycles. The summed E-state index contributed by atoms with van der Waals surface area (Å²) in [5, 5.41) is 0. The van der Waals surface area contributed by atoms with Crippen LogP contribution in [0.4, 0.5) is 0 Å². The number of hydrogen-bond donors (Lipinski definition) is 0. The van der Waals surface area contributed by atoms with Crippen molar-refractivity contribution < 1.29 is 9.47 Å².